The lowest BCUT2D eigenvalue weighted by Crippen LogP contribution is -2.35. The fraction of sp³-hybridized carbons (Fsp3) is 0.393. The van der Waals surface area contributed by atoms with E-state index in [0.717, 1.165) is 11.3 Å². The minimum Gasteiger partial charge on any atom is -0.389 e. The standard InChI is InChI=1S/C28H24ClF4N5S/c1-2-18-36-24-21-15(4-3-9-38(28(21)37-18)13-6-5-12(10-13)26(32)33)22(29)20(23(24)31)14-7-8-17(30)25-19(14)16(11-34)27(35)39-25/h7-8,12-13,26H,2-6,9-10,35H2,1H3. The molecule has 2 aromatic carbocycles. The van der Waals surface area contributed by atoms with Gasteiger partial charge in [0.05, 0.1) is 20.7 Å². The molecule has 0 radical (unpaired) electrons. The molecule has 1 fully saturated rings. The van der Waals surface area contributed by atoms with Crippen LogP contribution in [0.5, 0.6) is 0 Å². The molecule has 0 amide bonds. The highest BCUT2D eigenvalue weighted by atomic mass is 35.5. The first-order valence-electron chi connectivity index (χ1n) is 12.9. The molecule has 5 nitrogen and oxygen atoms in total. The number of hydrogen-bond acceptors (Lipinski definition) is 6. The maximum atomic E-state index is 16.6. The van der Waals surface area contributed by atoms with Gasteiger partial charge in [-0.3, -0.25) is 0 Å². The van der Waals surface area contributed by atoms with Crippen LogP contribution in [0.2, 0.25) is 5.02 Å². The summed E-state index contributed by atoms with van der Waals surface area (Å²) in [5, 5.41) is 10.8. The number of halogens is 5. The van der Waals surface area contributed by atoms with Gasteiger partial charge in [-0.05, 0) is 49.3 Å². The van der Waals surface area contributed by atoms with Crippen molar-refractivity contribution in [3.63, 3.8) is 0 Å². The molecule has 1 saturated carbocycles. The van der Waals surface area contributed by atoms with Crippen molar-refractivity contribution in [2.75, 3.05) is 17.2 Å². The number of nitrogens with two attached hydrogens (primary N) is 1. The fourth-order valence-electron chi connectivity index (χ4n) is 6.14. The molecule has 1 aliphatic carbocycles. The van der Waals surface area contributed by atoms with Crippen molar-refractivity contribution in [3.8, 4) is 17.2 Å². The van der Waals surface area contributed by atoms with Crippen LogP contribution in [0, 0.1) is 28.9 Å². The van der Waals surface area contributed by atoms with E-state index in [1.54, 1.807) is 0 Å². The minimum absolute atomic E-state index is 0.0391. The Morgan fingerprint density at radius 2 is 2.03 bits per heavy atom. The van der Waals surface area contributed by atoms with Crippen molar-refractivity contribution in [1.82, 2.24) is 9.97 Å². The summed E-state index contributed by atoms with van der Waals surface area (Å²) in [6, 6.07) is 4.53. The molecular formula is C28H24ClF4N5S. The van der Waals surface area contributed by atoms with Gasteiger partial charge in [0.15, 0.2) is 5.82 Å². The molecule has 0 bridgehead atoms. The number of fused-ring (bicyclic) bond motifs is 1. The summed E-state index contributed by atoms with van der Waals surface area (Å²) in [6.07, 6.45) is 0.592. The van der Waals surface area contributed by atoms with E-state index < -0.39 is 24.0 Å². The number of benzene rings is 2. The van der Waals surface area contributed by atoms with E-state index in [9.17, 15) is 18.4 Å². The van der Waals surface area contributed by atoms with E-state index in [0.29, 0.717) is 67.7 Å². The first kappa shape index (κ1) is 26.1. The summed E-state index contributed by atoms with van der Waals surface area (Å²) in [5.74, 6) is -0.977. The van der Waals surface area contributed by atoms with Crippen LogP contribution in [0.4, 0.5) is 28.4 Å². The van der Waals surface area contributed by atoms with Crippen LogP contribution in [0.15, 0.2) is 12.1 Å². The van der Waals surface area contributed by atoms with Crippen LogP contribution in [0.1, 0.15) is 49.6 Å². The molecular weight excluding hydrogens is 550 g/mol. The maximum absolute atomic E-state index is 16.6. The normalized spacial score (nSPS) is 19.3. The highest BCUT2D eigenvalue weighted by Gasteiger charge is 2.37. The van der Waals surface area contributed by atoms with Crippen LogP contribution >= 0.6 is 22.9 Å². The number of rotatable bonds is 4. The predicted octanol–water partition coefficient (Wildman–Crippen LogP) is 7.65. The molecule has 2 aromatic heterocycles. The van der Waals surface area contributed by atoms with Gasteiger partial charge in [0.2, 0.25) is 6.43 Å². The second-order valence-electron chi connectivity index (χ2n) is 10.1. The molecule has 6 rings (SSSR count). The monoisotopic (exact) mass is 573 g/mol. The van der Waals surface area contributed by atoms with Gasteiger partial charge in [0, 0.05) is 35.9 Å². The number of alkyl halides is 2. The third kappa shape index (κ3) is 4.01. The van der Waals surface area contributed by atoms with E-state index in [4.69, 9.17) is 22.3 Å². The lowest BCUT2D eigenvalue weighted by molar-refractivity contribution is 0.0798. The first-order chi connectivity index (χ1) is 18.7. The smallest absolute Gasteiger partial charge is 0.241 e. The minimum atomic E-state index is -2.38. The van der Waals surface area contributed by atoms with Crippen molar-refractivity contribution in [2.45, 2.75) is 57.9 Å². The number of nitriles is 1. The lowest BCUT2D eigenvalue weighted by Gasteiger charge is -2.30. The number of aromatic nitrogens is 2. The Morgan fingerprint density at radius 1 is 1.23 bits per heavy atom. The molecule has 2 aliphatic rings. The van der Waals surface area contributed by atoms with Gasteiger partial charge in [-0.15, -0.1) is 11.3 Å². The highest BCUT2D eigenvalue weighted by Crippen LogP contribution is 2.48. The molecule has 0 spiro atoms. The SMILES string of the molecule is CCc1nc2c3c(c(Cl)c(-c4ccc(F)c5sc(N)c(C#N)c45)c(F)c3n1)CCCN2C1CCC(C(F)F)C1. The number of nitrogens with zero attached hydrogens (tertiary/aromatic N) is 4. The molecule has 39 heavy (non-hydrogen) atoms. The zero-order valence-electron chi connectivity index (χ0n) is 21.0. The summed E-state index contributed by atoms with van der Waals surface area (Å²) in [4.78, 5) is 11.4. The Hall–Kier alpha value is -3.16. The lowest BCUT2D eigenvalue weighted by atomic mass is 9.93. The van der Waals surface area contributed by atoms with Crippen molar-refractivity contribution in [2.24, 2.45) is 5.92 Å². The average Bonchev–Trinajstić information content (AvgIpc) is 3.49. The Morgan fingerprint density at radius 3 is 2.72 bits per heavy atom. The van der Waals surface area contributed by atoms with E-state index in [1.807, 2.05) is 17.9 Å². The van der Waals surface area contributed by atoms with Crippen LogP contribution in [-0.2, 0) is 12.8 Å². The van der Waals surface area contributed by atoms with Gasteiger partial charge in [0.1, 0.15) is 34.0 Å². The number of hydrogen-bond donors (Lipinski definition) is 1. The fourth-order valence-corrected chi connectivity index (χ4v) is 7.47. The second kappa shape index (κ2) is 9.79. The van der Waals surface area contributed by atoms with Crippen LogP contribution in [0.25, 0.3) is 32.1 Å². The predicted molar refractivity (Wildman–Crippen MR) is 147 cm³/mol. The molecule has 0 saturated heterocycles. The van der Waals surface area contributed by atoms with Gasteiger partial charge in [-0.1, -0.05) is 24.6 Å². The number of thiophene rings is 1. The van der Waals surface area contributed by atoms with Crippen molar-refractivity contribution in [3.05, 3.63) is 45.7 Å². The summed E-state index contributed by atoms with van der Waals surface area (Å²) in [6.45, 7) is 2.43. The maximum Gasteiger partial charge on any atom is 0.241 e. The zero-order valence-corrected chi connectivity index (χ0v) is 22.6. The van der Waals surface area contributed by atoms with Gasteiger partial charge in [-0.25, -0.2) is 27.5 Å². The Bertz CT molecular complexity index is 1680. The largest absolute Gasteiger partial charge is 0.389 e. The number of aryl methyl sites for hydroxylation is 2. The molecule has 11 heteroatoms. The average molecular weight is 574 g/mol. The molecule has 2 unspecified atom stereocenters. The highest BCUT2D eigenvalue weighted by molar-refractivity contribution is 7.23. The molecule has 2 atom stereocenters. The van der Waals surface area contributed by atoms with Crippen molar-refractivity contribution in [1.29, 1.82) is 5.26 Å². The second-order valence-corrected chi connectivity index (χ2v) is 11.6. The van der Waals surface area contributed by atoms with Gasteiger partial charge in [-0.2, -0.15) is 5.26 Å². The first-order valence-corrected chi connectivity index (χ1v) is 14.1. The van der Waals surface area contributed by atoms with Crippen LogP contribution in [0.3, 0.4) is 0 Å². The third-order valence-electron chi connectivity index (χ3n) is 8.01. The molecule has 202 valence electrons. The summed E-state index contributed by atoms with van der Waals surface area (Å²) >= 11 is 7.91. The quantitative estimate of drug-likeness (QED) is 0.254. The molecule has 1 aliphatic heterocycles. The molecule has 4 aromatic rings. The summed E-state index contributed by atoms with van der Waals surface area (Å²) in [5.41, 5.74) is 7.15. The van der Waals surface area contributed by atoms with Gasteiger partial charge < -0.3 is 10.6 Å². The topological polar surface area (TPSA) is 78.8 Å². The summed E-state index contributed by atoms with van der Waals surface area (Å²) in [7, 11) is 0. The zero-order chi connectivity index (χ0) is 27.6. The third-order valence-corrected chi connectivity index (χ3v) is 9.45. The molecule has 3 heterocycles. The van der Waals surface area contributed by atoms with E-state index in [-0.39, 0.29) is 48.4 Å². The Balaban J connectivity index is 1.64. The Kier molecular flexibility index (Phi) is 6.55. The summed E-state index contributed by atoms with van der Waals surface area (Å²) < 4.78 is 58.5. The van der Waals surface area contributed by atoms with Crippen molar-refractivity contribution < 1.29 is 17.6 Å². The van der Waals surface area contributed by atoms with E-state index in [1.165, 1.54) is 12.1 Å². The van der Waals surface area contributed by atoms with Gasteiger partial charge >= 0.3 is 0 Å². The van der Waals surface area contributed by atoms with Crippen molar-refractivity contribution >= 4 is 54.7 Å². The Labute approximate surface area is 231 Å². The van der Waals surface area contributed by atoms with E-state index >= 15 is 4.39 Å². The van der Waals surface area contributed by atoms with Crippen LogP contribution < -0.4 is 10.6 Å². The number of nitrogen functional groups attached to an aromatic ring is 1. The van der Waals surface area contributed by atoms with Crippen LogP contribution in [-0.4, -0.2) is 29.0 Å². The van der Waals surface area contributed by atoms with E-state index in [2.05, 4.69) is 4.98 Å². The molecule has 2 N–H and O–H groups in total. The van der Waals surface area contributed by atoms with Gasteiger partial charge in [0.25, 0.3) is 0 Å². The number of anilines is 2.